The summed E-state index contributed by atoms with van der Waals surface area (Å²) in [4.78, 5) is 13.0. The zero-order chi connectivity index (χ0) is 17.4. The minimum atomic E-state index is -0.385. The molecule has 1 aliphatic carbocycles. The molecule has 1 fully saturated rings. The van der Waals surface area contributed by atoms with Crippen molar-refractivity contribution in [3.8, 4) is 5.75 Å². The second kappa shape index (κ2) is 5.97. The van der Waals surface area contributed by atoms with Crippen LogP contribution in [0.15, 0.2) is 48.5 Å². The summed E-state index contributed by atoms with van der Waals surface area (Å²) in [7, 11) is 1.63. The minimum absolute atomic E-state index is 0.0163. The van der Waals surface area contributed by atoms with Crippen molar-refractivity contribution in [2.75, 3.05) is 12.4 Å². The first kappa shape index (κ1) is 16.6. The summed E-state index contributed by atoms with van der Waals surface area (Å²) < 4.78 is 5.44. The van der Waals surface area contributed by atoms with Crippen LogP contribution < -0.4 is 10.1 Å². The molecule has 3 rings (SSSR count). The molecule has 0 aromatic heterocycles. The largest absolute Gasteiger partial charge is 0.495 e. The number of ether oxygens (including phenoxy) is 1. The van der Waals surface area contributed by atoms with Crippen molar-refractivity contribution in [2.45, 2.75) is 44.4 Å². The van der Waals surface area contributed by atoms with Crippen LogP contribution in [-0.2, 0) is 15.6 Å². The summed E-state index contributed by atoms with van der Waals surface area (Å²) in [6, 6.07) is 16.0. The van der Waals surface area contributed by atoms with Gasteiger partial charge in [-0.25, -0.2) is 0 Å². The molecule has 1 amide bonds. The lowest BCUT2D eigenvalue weighted by Crippen LogP contribution is -2.28. The molecule has 24 heavy (non-hydrogen) atoms. The number of nitrogens with one attached hydrogen (secondary N) is 1. The van der Waals surface area contributed by atoms with Crippen LogP contribution in [0.2, 0.25) is 0 Å². The van der Waals surface area contributed by atoms with Crippen LogP contribution in [0.3, 0.4) is 0 Å². The van der Waals surface area contributed by atoms with E-state index in [2.05, 4.69) is 32.2 Å². The molecule has 0 saturated heterocycles. The second-order valence-corrected chi connectivity index (χ2v) is 7.57. The van der Waals surface area contributed by atoms with Crippen LogP contribution in [0.25, 0.3) is 0 Å². The van der Waals surface area contributed by atoms with Gasteiger partial charge in [0.15, 0.2) is 0 Å². The predicted molar refractivity (Wildman–Crippen MR) is 97.7 cm³/mol. The number of hydrogen-bond donors (Lipinski definition) is 1. The number of rotatable bonds is 4. The first-order chi connectivity index (χ1) is 11.4. The smallest absolute Gasteiger partial charge is 0.235 e. The first-order valence-electron chi connectivity index (χ1n) is 8.42. The van der Waals surface area contributed by atoms with Crippen LogP contribution in [0.5, 0.6) is 5.75 Å². The molecule has 1 saturated carbocycles. The normalized spacial score (nSPS) is 15.7. The SMILES string of the molecule is COc1ccc(C(C)(C)C)cc1NC(=O)C1(c2ccccc2)CC1. The van der Waals surface area contributed by atoms with Gasteiger partial charge in [0, 0.05) is 0 Å². The maximum absolute atomic E-state index is 13.0. The molecule has 0 aliphatic heterocycles. The van der Waals surface area contributed by atoms with E-state index in [1.807, 2.05) is 42.5 Å². The summed E-state index contributed by atoms with van der Waals surface area (Å²) in [5.74, 6) is 0.748. The van der Waals surface area contributed by atoms with Crippen LogP contribution in [0, 0.1) is 0 Å². The van der Waals surface area contributed by atoms with E-state index in [0.717, 1.165) is 24.1 Å². The zero-order valence-corrected chi connectivity index (χ0v) is 14.8. The minimum Gasteiger partial charge on any atom is -0.495 e. The number of anilines is 1. The Labute approximate surface area is 144 Å². The number of carbonyl (C=O) groups is 1. The van der Waals surface area contributed by atoms with Gasteiger partial charge in [-0.3, -0.25) is 4.79 Å². The summed E-state index contributed by atoms with van der Waals surface area (Å²) in [6.07, 6.45) is 1.79. The number of methoxy groups -OCH3 is 1. The van der Waals surface area contributed by atoms with E-state index in [0.29, 0.717) is 5.75 Å². The van der Waals surface area contributed by atoms with Gasteiger partial charge in [-0.2, -0.15) is 0 Å². The Morgan fingerprint density at radius 2 is 1.75 bits per heavy atom. The molecule has 2 aromatic rings. The predicted octanol–water partition coefficient (Wildman–Crippen LogP) is 4.66. The van der Waals surface area contributed by atoms with E-state index >= 15 is 0 Å². The third kappa shape index (κ3) is 3.03. The van der Waals surface area contributed by atoms with Gasteiger partial charge in [-0.05, 0) is 41.5 Å². The fourth-order valence-electron chi connectivity index (χ4n) is 3.04. The van der Waals surface area contributed by atoms with Crippen LogP contribution in [0.1, 0.15) is 44.7 Å². The highest BCUT2D eigenvalue weighted by Gasteiger charge is 2.51. The van der Waals surface area contributed by atoms with Gasteiger partial charge in [0.25, 0.3) is 0 Å². The number of benzene rings is 2. The highest BCUT2D eigenvalue weighted by Crippen LogP contribution is 2.49. The molecule has 1 N–H and O–H groups in total. The lowest BCUT2D eigenvalue weighted by Gasteiger charge is -2.22. The van der Waals surface area contributed by atoms with E-state index in [4.69, 9.17) is 4.74 Å². The van der Waals surface area contributed by atoms with Crippen molar-refractivity contribution in [3.63, 3.8) is 0 Å². The molecule has 0 bridgehead atoms. The van der Waals surface area contributed by atoms with Crippen molar-refractivity contribution >= 4 is 11.6 Å². The van der Waals surface area contributed by atoms with E-state index < -0.39 is 0 Å². The Hall–Kier alpha value is -2.29. The highest BCUT2D eigenvalue weighted by molar-refractivity contribution is 6.02. The third-order valence-electron chi connectivity index (χ3n) is 4.82. The Bertz CT molecular complexity index is 740. The van der Waals surface area contributed by atoms with Gasteiger partial charge in [0.05, 0.1) is 18.2 Å². The first-order valence-corrected chi connectivity index (χ1v) is 8.42. The van der Waals surface area contributed by atoms with Crippen LogP contribution in [-0.4, -0.2) is 13.0 Å². The van der Waals surface area contributed by atoms with Gasteiger partial charge < -0.3 is 10.1 Å². The zero-order valence-electron chi connectivity index (χ0n) is 14.8. The van der Waals surface area contributed by atoms with Gasteiger partial charge in [0.2, 0.25) is 5.91 Å². The number of amides is 1. The van der Waals surface area contributed by atoms with Gasteiger partial charge in [-0.15, -0.1) is 0 Å². The summed E-state index contributed by atoms with van der Waals surface area (Å²) in [6.45, 7) is 6.48. The fourth-order valence-corrected chi connectivity index (χ4v) is 3.04. The average Bonchev–Trinajstić information content (AvgIpc) is 3.36. The molecule has 0 atom stereocenters. The van der Waals surface area contributed by atoms with E-state index in [1.54, 1.807) is 7.11 Å². The van der Waals surface area contributed by atoms with Gasteiger partial charge in [-0.1, -0.05) is 57.2 Å². The van der Waals surface area contributed by atoms with Crippen LogP contribution >= 0.6 is 0 Å². The third-order valence-corrected chi connectivity index (χ3v) is 4.82. The molecule has 1 aliphatic rings. The summed E-state index contributed by atoms with van der Waals surface area (Å²) in [5, 5.41) is 3.11. The van der Waals surface area contributed by atoms with Crippen molar-refractivity contribution in [2.24, 2.45) is 0 Å². The molecule has 0 heterocycles. The lowest BCUT2D eigenvalue weighted by molar-refractivity contribution is -0.118. The second-order valence-electron chi connectivity index (χ2n) is 7.57. The van der Waals surface area contributed by atoms with E-state index in [1.165, 1.54) is 5.56 Å². The van der Waals surface area contributed by atoms with Crippen molar-refractivity contribution in [3.05, 3.63) is 59.7 Å². The number of carbonyl (C=O) groups excluding carboxylic acids is 1. The topological polar surface area (TPSA) is 38.3 Å². The maximum atomic E-state index is 13.0. The van der Waals surface area contributed by atoms with Crippen LogP contribution in [0.4, 0.5) is 5.69 Å². The molecule has 3 heteroatoms. The van der Waals surface area contributed by atoms with E-state index in [-0.39, 0.29) is 16.7 Å². The van der Waals surface area contributed by atoms with Crippen molar-refractivity contribution in [1.82, 2.24) is 0 Å². The monoisotopic (exact) mass is 323 g/mol. The fraction of sp³-hybridized carbons (Fsp3) is 0.381. The van der Waals surface area contributed by atoms with Gasteiger partial charge >= 0.3 is 0 Å². The molecular formula is C21H25NO2. The van der Waals surface area contributed by atoms with Crippen molar-refractivity contribution < 1.29 is 9.53 Å². The highest BCUT2D eigenvalue weighted by atomic mass is 16.5. The molecule has 3 nitrogen and oxygen atoms in total. The van der Waals surface area contributed by atoms with Crippen molar-refractivity contribution in [1.29, 1.82) is 0 Å². The number of hydrogen-bond acceptors (Lipinski definition) is 2. The van der Waals surface area contributed by atoms with E-state index in [9.17, 15) is 4.79 Å². The molecule has 0 unspecified atom stereocenters. The average molecular weight is 323 g/mol. The quantitative estimate of drug-likeness (QED) is 0.888. The van der Waals surface area contributed by atoms with Gasteiger partial charge in [0.1, 0.15) is 5.75 Å². The Kier molecular flexibility index (Phi) is 4.12. The molecule has 0 spiro atoms. The molecule has 126 valence electrons. The molecule has 0 radical (unpaired) electrons. The summed E-state index contributed by atoms with van der Waals surface area (Å²) in [5.41, 5.74) is 2.64. The standard InChI is InChI=1S/C21H25NO2/c1-20(2,3)16-10-11-18(24-4)17(14-16)22-19(23)21(12-13-21)15-8-6-5-7-9-15/h5-11,14H,12-13H2,1-4H3,(H,22,23). The maximum Gasteiger partial charge on any atom is 0.235 e. The molecular weight excluding hydrogens is 298 g/mol. The summed E-state index contributed by atoms with van der Waals surface area (Å²) >= 11 is 0. The molecule has 2 aromatic carbocycles. The lowest BCUT2D eigenvalue weighted by atomic mass is 9.86. The Balaban J connectivity index is 1.89. The Morgan fingerprint density at radius 3 is 2.29 bits per heavy atom. The Morgan fingerprint density at radius 1 is 1.08 bits per heavy atom.